The summed E-state index contributed by atoms with van der Waals surface area (Å²) >= 11 is 1.58. The third-order valence-electron chi connectivity index (χ3n) is 1.86. The van der Waals surface area contributed by atoms with Crippen molar-refractivity contribution in [3.63, 3.8) is 0 Å². The summed E-state index contributed by atoms with van der Waals surface area (Å²) in [5, 5.41) is 2.46. The summed E-state index contributed by atoms with van der Waals surface area (Å²) < 4.78 is 9.65. The molecule has 0 saturated carbocycles. The van der Waals surface area contributed by atoms with Crippen LogP contribution in [0.15, 0.2) is 25.3 Å². The van der Waals surface area contributed by atoms with Crippen LogP contribution in [0.2, 0.25) is 0 Å². The van der Waals surface area contributed by atoms with E-state index in [1.165, 1.54) is 12.2 Å². The zero-order chi connectivity index (χ0) is 13.8. The second kappa shape index (κ2) is 10.7. The zero-order valence-corrected chi connectivity index (χ0v) is 11.3. The van der Waals surface area contributed by atoms with Gasteiger partial charge in [0.2, 0.25) is 0 Å². The Bertz CT molecular complexity index is 294. The summed E-state index contributed by atoms with van der Waals surface area (Å²) in [4.78, 5) is 23.0. The van der Waals surface area contributed by atoms with Gasteiger partial charge in [0.05, 0.1) is 0 Å². The molecule has 0 aromatic rings. The number of carbonyl (C=O) groups excluding carboxylic acids is 2. The lowest BCUT2D eigenvalue weighted by Crippen LogP contribution is -2.42. The van der Waals surface area contributed by atoms with Gasteiger partial charge in [-0.2, -0.15) is 11.8 Å². The molecule has 0 aromatic heterocycles. The average Bonchev–Trinajstić information content (AvgIpc) is 2.38. The fraction of sp³-hybridized carbons (Fsp3) is 0.500. The molecule has 6 heteroatoms. The molecule has 18 heavy (non-hydrogen) atoms. The van der Waals surface area contributed by atoms with Gasteiger partial charge in [0.25, 0.3) is 0 Å². The van der Waals surface area contributed by atoms with Gasteiger partial charge < -0.3 is 14.8 Å². The van der Waals surface area contributed by atoms with E-state index in [0.29, 0.717) is 6.42 Å². The molecule has 0 aliphatic rings. The Balaban J connectivity index is 4.27. The van der Waals surface area contributed by atoms with Crippen LogP contribution in [0.3, 0.4) is 0 Å². The molecule has 0 aliphatic carbocycles. The monoisotopic (exact) mass is 273 g/mol. The minimum atomic E-state index is -0.699. The van der Waals surface area contributed by atoms with Gasteiger partial charge in [-0.25, -0.2) is 9.59 Å². The van der Waals surface area contributed by atoms with Gasteiger partial charge in [0, 0.05) is 0 Å². The first-order valence-corrected chi connectivity index (χ1v) is 6.85. The number of ether oxygens (including phenoxy) is 2. The lowest BCUT2D eigenvalue weighted by Gasteiger charge is -2.16. The van der Waals surface area contributed by atoms with Gasteiger partial charge >= 0.3 is 12.1 Å². The Morgan fingerprint density at radius 1 is 1.28 bits per heavy atom. The summed E-state index contributed by atoms with van der Waals surface area (Å²) in [5.41, 5.74) is 0. The van der Waals surface area contributed by atoms with Crippen molar-refractivity contribution in [1.82, 2.24) is 5.32 Å². The molecule has 0 aliphatic heterocycles. The van der Waals surface area contributed by atoms with Crippen LogP contribution in [0, 0.1) is 0 Å². The third-order valence-corrected chi connectivity index (χ3v) is 2.51. The molecule has 0 fully saturated rings. The third kappa shape index (κ3) is 7.78. The highest BCUT2D eigenvalue weighted by Gasteiger charge is 2.22. The van der Waals surface area contributed by atoms with E-state index < -0.39 is 18.1 Å². The van der Waals surface area contributed by atoms with Crippen molar-refractivity contribution in [2.75, 3.05) is 25.2 Å². The molecule has 1 N–H and O–H groups in total. The Morgan fingerprint density at radius 2 is 1.89 bits per heavy atom. The van der Waals surface area contributed by atoms with Gasteiger partial charge in [-0.1, -0.05) is 25.3 Å². The molecule has 0 rings (SSSR count). The van der Waals surface area contributed by atoms with E-state index in [1.807, 2.05) is 6.26 Å². The highest BCUT2D eigenvalue weighted by molar-refractivity contribution is 7.98. The van der Waals surface area contributed by atoms with Gasteiger partial charge in [0.15, 0.2) is 0 Å². The number of esters is 1. The predicted octanol–water partition coefficient (Wildman–Crippen LogP) is 1.75. The van der Waals surface area contributed by atoms with E-state index in [4.69, 9.17) is 9.47 Å². The van der Waals surface area contributed by atoms with Gasteiger partial charge in [-0.05, 0) is 18.4 Å². The maximum atomic E-state index is 11.6. The summed E-state index contributed by atoms with van der Waals surface area (Å²) in [6.07, 6.45) is 4.67. The Morgan fingerprint density at radius 3 is 2.44 bits per heavy atom. The SMILES string of the molecule is C=CCOC(=O)N[C@@H](CCSC)C(=O)OCC=C. The topological polar surface area (TPSA) is 64.6 Å². The molecule has 1 atom stereocenters. The van der Waals surface area contributed by atoms with E-state index in [9.17, 15) is 9.59 Å². The largest absolute Gasteiger partial charge is 0.460 e. The van der Waals surface area contributed by atoms with Crippen LogP contribution >= 0.6 is 11.8 Å². The number of alkyl carbamates (subject to hydrolysis) is 1. The summed E-state index contributed by atoms with van der Waals surface area (Å²) in [7, 11) is 0. The molecular formula is C12H19NO4S. The van der Waals surface area contributed by atoms with Crippen LogP contribution < -0.4 is 5.32 Å². The molecular weight excluding hydrogens is 254 g/mol. The van der Waals surface area contributed by atoms with Crippen molar-refractivity contribution < 1.29 is 19.1 Å². The molecule has 1 amide bonds. The molecule has 0 radical (unpaired) electrons. The predicted molar refractivity (Wildman–Crippen MR) is 72.6 cm³/mol. The Kier molecular flexibility index (Phi) is 9.86. The van der Waals surface area contributed by atoms with Crippen LogP contribution in [-0.4, -0.2) is 43.3 Å². The molecule has 0 saturated heterocycles. The van der Waals surface area contributed by atoms with Crippen LogP contribution in [-0.2, 0) is 14.3 Å². The summed E-state index contributed by atoms with van der Waals surface area (Å²) in [6.45, 7) is 7.10. The normalized spacial score (nSPS) is 11.2. The van der Waals surface area contributed by atoms with Gasteiger partial charge in [-0.3, -0.25) is 0 Å². The second-order valence-corrected chi connectivity index (χ2v) is 4.27. The number of carbonyl (C=O) groups is 2. The second-order valence-electron chi connectivity index (χ2n) is 3.28. The average molecular weight is 273 g/mol. The van der Waals surface area contributed by atoms with Crippen molar-refractivity contribution in [2.24, 2.45) is 0 Å². The van der Waals surface area contributed by atoms with Gasteiger partial charge in [-0.15, -0.1) is 0 Å². The molecule has 102 valence electrons. The van der Waals surface area contributed by atoms with E-state index >= 15 is 0 Å². The smallest absolute Gasteiger partial charge is 0.408 e. The van der Waals surface area contributed by atoms with E-state index in [-0.39, 0.29) is 13.2 Å². The Labute approximate surface area is 112 Å². The highest BCUT2D eigenvalue weighted by Crippen LogP contribution is 2.03. The maximum Gasteiger partial charge on any atom is 0.408 e. The number of hydrogen-bond donors (Lipinski definition) is 1. The number of nitrogens with one attached hydrogen (secondary N) is 1. The minimum Gasteiger partial charge on any atom is -0.460 e. The lowest BCUT2D eigenvalue weighted by molar-refractivity contribution is -0.144. The minimum absolute atomic E-state index is 0.1000. The molecule has 0 unspecified atom stereocenters. The van der Waals surface area contributed by atoms with Crippen LogP contribution in [0.25, 0.3) is 0 Å². The number of hydrogen-bond acceptors (Lipinski definition) is 5. The van der Waals surface area contributed by atoms with Gasteiger partial charge in [0.1, 0.15) is 19.3 Å². The summed E-state index contributed by atoms with van der Waals surface area (Å²) in [5.74, 6) is 0.245. The van der Waals surface area contributed by atoms with Crippen LogP contribution in [0.5, 0.6) is 0 Å². The van der Waals surface area contributed by atoms with Crippen LogP contribution in [0.1, 0.15) is 6.42 Å². The first-order valence-electron chi connectivity index (χ1n) is 5.46. The summed E-state index contributed by atoms with van der Waals surface area (Å²) in [6, 6.07) is -0.699. The van der Waals surface area contributed by atoms with Crippen molar-refractivity contribution >= 4 is 23.8 Å². The first-order chi connectivity index (χ1) is 8.65. The van der Waals surface area contributed by atoms with E-state index in [0.717, 1.165) is 5.75 Å². The number of thioether (sulfide) groups is 1. The quantitative estimate of drug-likeness (QED) is 0.512. The molecule has 5 nitrogen and oxygen atoms in total. The molecule has 0 aromatic carbocycles. The fourth-order valence-electron chi connectivity index (χ4n) is 1.04. The number of amides is 1. The zero-order valence-electron chi connectivity index (χ0n) is 10.5. The van der Waals surface area contributed by atoms with Crippen molar-refractivity contribution in [2.45, 2.75) is 12.5 Å². The van der Waals surface area contributed by atoms with Crippen molar-refractivity contribution in [3.8, 4) is 0 Å². The fourth-order valence-corrected chi connectivity index (χ4v) is 1.52. The van der Waals surface area contributed by atoms with Crippen LogP contribution in [0.4, 0.5) is 4.79 Å². The molecule has 0 heterocycles. The maximum absolute atomic E-state index is 11.6. The first kappa shape index (κ1) is 16.6. The van der Waals surface area contributed by atoms with E-state index in [1.54, 1.807) is 11.8 Å². The van der Waals surface area contributed by atoms with E-state index in [2.05, 4.69) is 18.5 Å². The standard InChI is InChI=1S/C12H19NO4S/c1-4-7-16-11(14)10(6-9-18-3)13-12(15)17-8-5-2/h4-5,10H,1-2,6-9H2,3H3,(H,13,15)/t10-/m0/s1. The van der Waals surface area contributed by atoms with Crippen molar-refractivity contribution in [1.29, 1.82) is 0 Å². The Hall–Kier alpha value is -1.43. The lowest BCUT2D eigenvalue weighted by atomic mass is 10.2. The van der Waals surface area contributed by atoms with Crippen molar-refractivity contribution in [3.05, 3.63) is 25.3 Å². The molecule has 0 bridgehead atoms. The number of rotatable bonds is 9. The highest BCUT2D eigenvalue weighted by atomic mass is 32.2. The molecule has 0 spiro atoms.